The van der Waals surface area contributed by atoms with Crippen molar-refractivity contribution in [3.63, 3.8) is 0 Å². The molecule has 0 bridgehead atoms. The van der Waals surface area contributed by atoms with Crippen LogP contribution in [0.4, 0.5) is 0 Å². The molecule has 4 heteroatoms. The van der Waals surface area contributed by atoms with Gasteiger partial charge in [-0.25, -0.2) is 0 Å². The molecular weight excluding hydrogens is 158 g/mol. The minimum absolute atomic E-state index is 0.166. The van der Waals surface area contributed by atoms with Crippen LogP contribution in [0.25, 0.3) is 0 Å². The van der Waals surface area contributed by atoms with Crippen LogP contribution in [0, 0.1) is 0 Å². The fourth-order valence-corrected chi connectivity index (χ4v) is 0.822. The maximum Gasteiger partial charge on any atom is 0.216 e. The highest BCUT2D eigenvalue weighted by Crippen LogP contribution is 2.11. The molecule has 4 nitrogen and oxygen atoms in total. The molecule has 1 heterocycles. The molecule has 0 aliphatic rings. The van der Waals surface area contributed by atoms with Crippen molar-refractivity contribution in [3.8, 4) is 0 Å². The first-order chi connectivity index (χ1) is 5.70. The third-order valence-corrected chi connectivity index (χ3v) is 1.42. The molecule has 0 saturated heterocycles. The van der Waals surface area contributed by atoms with Crippen molar-refractivity contribution in [3.05, 3.63) is 24.2 Å². The number of amides is 1. The number of carbonyl (C=O) groups is 1. The lowest BCUT2D eigenvalue weighted by Crippen LogP contribution is -2.25. The van der Waals surface area contributed by atoms with Gasteiger partial charge in [0.05, 0.1) is 12.8 Å². The Balaban J connectivity index is 2.39. The van der Waals surface area contributed by atoms with E-state index in [-0.39, 0.29) is 12.5 Å². The Hall–Kier alpha value is -1.29. The van der Waals surface area contributed by atoms with Crippen molar-refractivity contribution >= 4 is 5.91 Å². The van der Waals surface area contributed by atoms with Gasteiger partial charge in [0.2, 0.25) is 5.91 Å². The SMILES string of the molecule is CC(=O)NCC(O)c1ccco1. The summed E-state index contributed by atoms with van der Waals surface area (Å²) in [5, 5.41) is 11.8. The lowest BCUT2D eigenvalue weighted by molar-refractivity contribution is -0.119. The summed E-state index contributed by atoms with van der Waals surface area (Å²) >= 11 is 0. The minimum atomic E-state index is -0.760. The second-order valence-electron chi connectivity index (χ2n) is 2.47. The number of aliphatic hydroxyl groups excluding tert-OH is 1. The predicted molar refractivity (Wildman–Crippen MR) is 42.4 cm³/mol. The fourth-order valence-electron chi connectivity index (χ4n) is 0.822. The number of hydrogen-bond acceptors (Lipinski definition) is 3. The van der Waals surface area contributed by atoms with Crippen molar-refractivity contribution in [1.82, 2.24) is 5.32 Å². The van der Waals surface area contributed by atoms with Crippen LogP contribution < -0.4 is 5.32 Å². The first-order valence-corrected chi connectivity index (χ1v) is 3.66. The number of nitrogens with one attached hydrogen (secondary N) is 1. The molecule has 0 fully saturated rings. The Morgan fingerprint density at radius 2 is 2.58 bits per heavy atom. The number of furan rings is 1. The first-order valence-electron chi connectivity index (χ1n) is 3.66. The Kier molecular flexibility index (Phi) is 2.88. The van der Waals surface area contributed by atoms with Crippen LogP contribution in [0.2, 0.25) is 0 Å². The summed E-state index contributed by atoms with van der Waals surface area (Å²) in [5.74, 6) is 0.296. The lowest BCUT2D eigenvalue weighted by Gasteiger charge is -2.06. The van der Waals surface area contributed by atoms with Crippen LogP contribution in [-0.2, 0) is 4.79 Å². The second kappa shape index (κ2) is 3.92. The normalized spacial score (nSPS) is 12.5. The quantitative estimate of drug-likeness (QED) is 0.690. The van der Waals surface area contributed by atoms with E-state index in [0.717, 1.165) is 0 Å². The Bertz CT molecular complexity index is 243. The minimum Gasteiger partial charge on any atom is -0.467 e. The van der Waals surface area contributed by atoms with Gasteiger partial charge in [-0.05, 0) is 12.1 Å². The van der Waals surface area contributed by atoms with E-state index in [2.05, 4.69) is 5.32 Å². The van der Waals surface area contributed by atoms with Crippen LogP contribution in [-0.4, -0.2) is 17.6 Å². The fraction of sp³-hybridized carbons (Fsp3) is 0.375. The molecule has 1 aromatic heterocycles. The van der Waals surface area contributed by atoms with Crippen molar-refractivity contribution in [1.29, 1.82) is 0 Å². The number of hydrogen-bond donors (Lipinski definition) is 2. The van der Waals surface area contributed by atoms with E-state index in [1.807, 2.05) is 0 Å². The van der Waals surface area contributed by atoms with Gasteiger partial charge in [0.15, 0.2) is 0 Å². The highest BCUT2D eigenvalue weighted by Gasteiger charge is 2.09. The maximum atomic E-state index is 10.5. The molecule has 0 saturated carbocycles. The zero-order valence-corrected chi connectivity index (χ0v) is 6.78. The third-order valence-electron chi connectivity index (χ3n) is 1.42. The van der Waals surface area contributed by atoms with Gasteiger partial charge in [0, 0.05) is 6.92 Å². The molecule has 2 N–H and O–H groups in total. The summed E-state index contributed by atoms with van der Waals surface area (Å²) < 4.78 is 4.93. The monoisotopic (exact) mass is 169 g/mol. The topological polar surface area (TPSA) is 62.5 Å². The van der Waals surface area contributed by atoms with E-state index in [1.54, 1.807) is 12.1 Å². The molecular formula is C8H11NO3. The standard InChI is InChI=1S/C8H11NO3/c1-6(10)9-5-7(11)8-3-2-4-12-8/h2-4,7,11H,5H2,1H3,(H,9,10). The first kappa shape index (κ1) is 8.80. The predicted octanol–water partition coefficient (Wildman–Crippen LogP) is 0.449. The van der Waals surface area contributed by atoms with E-state index in [1.165, 1.54) is 13.2 Å². The Labute approximate surface area is 70.2 Å². The molecule has 0 aliphatic heterocycles. The van der Waals surface area contributed by atoms with Gasteiger partial charge in [-0.3, -0.25) is 4.79 Å². The molecule has 1 unspecified atom stereocenters. The van der Waals surface area contributed by atoms with Gasteiger partial charge in [-0.15, -0.1) is 0 Å². The highest BCUT2D eigenvalue weighted by atomic mass is 16.4. The molecule has 0 aromatic carbocycles. The molecule has 1 rings (SSSR count). The largest absolute Gasteiger partial charge is 0.467 e. The molecule has 1 atom stereocenters. The second-order valence-corrected chi connectivity index (χ2v) is 2.47. The maximum absolute atomic E-state index is 10.5. The summed E-state index contributed by atoms with van der Waals surface area (Å²) in [4.78, 5) is 10.5. The summed E-state index contributed by atoms with van der Waals surface area (Å²) in [6.45, 7) is 1.58. The van der Waals surface area contributed by atoms with Crippen LogP contribution in [0.1, 0.15) is 18.8 Å². The smallest absolute Gasteiger partial charge is 0.216 e. The van der Waals surface area contributed by atoms with Crippen molar-refractivity contribution in [2.45, 2.75) is 13.0 Å². The van der Waals surface area contributed by atoms with Crippen LogP contribution >= 0.6 is 0 Å². The third kappa shape index (κ3) is 2.39. The van der Waals surface area contributed by atoms with Crippen molar-refractivity contribution < 1.29 is 14.3 Å². The van der Waals surface area contributed by atoms with Gasteiger partial charge in [0.1, 0.15) is 11.9 Å². The average Bonchev–Trinajstić information content (AvgIpc) is 2.51. The van der Waals surface area contributed by atoms with Crippen LogP contribution in [0.3, 0.4) is 0 Å². The molecule has 0 radical (unpaired) electrons. The molecule has 0 aliphatic carbocycles. The average molecular weight is 169 g/mol. The van der Waals surface area contributed by atoms with Gasteiger partial charge in [0.25, 0.3) is 0 Å². The molecule has 1 amide bonds. The highest BCUT2D eigenvalue weighted by molar-refractivity contribution is 5.72. The van der Waals surface area contributed by atoms with Gasteiger partial charge in [-0.1, -0.05) is 0 Å². The van der Waals surface area contributed by atoms with Gasteiger partial charge in [-0.2, -0.15) is 0 Å². The van der Waals surface area contributed by atoms with E-state index in [0.29, 0.717) is 5.76 Å². The Morgan fingerprint density at radius 3 is 3.08 bits per heavy atom. The van der Waals surface area contributed by atoms with E-state index in [4.69, 9.17) is 4.42 Å². The van der Waals surface area contributed by atoms with E-state index >= 15 is 0 Å². The summed E-state index contributed by atoms with van der Waals surface area (Å²) in [7, 11) is 0. The summed E-state index contributed by atoms with van der Waals surface area (Å²) in [6.07, 6.45) is 0.718. The molecule has 1 aromatic rings. The molecule has 12 heavy (non-hydrogen) atoms. The molecule has 0 spiro atoms. The molecule has 66 valence electrons. The van der Waals surface area contributed by atoms with Crippen LogP contribution in [0.5, 0.6) is 0 Å². The zero-order chi connectivity index (χ0) is 8.97. The van der Waals surface area contributed by atoms with Gasteiger partial charge < -0.3 is 14.8 Å². The van der Waals surface area contributed by atoms with E-state index < -0.39 is 6.10 Å². The number of carbonyl (C=O) groups excluding carboxylic acids is 1. The lowest BCUT2D eigenvalue weighted by atomic mass is 10.3. The summed E-state index contributed by atoms with van der Waals surface area (Å²) in [6, 6.07) is 3.35. The van der Waals surface area contributed by atoms with Crippen molar-refractivity contribution in [2.75, 3.05) is 6.54 Å². The van der Waals surface area contributed by atoms with E-state index in [9.17, 15) is 9.90 Å². The Morgan fingerprint density at radius 1 is 1.83 bits per heavy atom. The zero-order valence-electron chi connectivity index (χ0n) is 6.78. The summed E-state index contributed by atoms with van der Waals surface area (Å²) in [5.41, 5.74) is 0. The van der Waals surface area contributed by atoms with Crippen LogP contribution in [0.15, 0.2) is 22.8 Å². The number of aliphatic hydroxyl groups is 1. The number of rotatable bonds is 3. The van der Waals surface area contributed by atoms with Gasteiger partial charge >= 0.3 is 0 Å². The van der Waals surface area contributed by atoms with Crippen molar-refractivity contribution in [2.24, 2.45) is 0 Å².